The second kappa shape index (κ2) is 6.49. The van der Waals surface area contributed by atoms with Gasteiger partial charge in [-0.15, -0.1) is 0 Å². The van der Waals surface area contributed by atoms with Gasteiger partial charge in [-0.3, -0.25) is 0 Å². The number of sulfone groups is 1. The van der Waals surface area contributed by atoms with E-state index in [0.29, 0.717) is 19.0 Å². The van der Waals surface area contributed by atoms with E-state index in [4.69, 9.17) is 0 Å². The molecule has 0 aromatic carbocycles. The summed E-state index contributed by atoms with van der Waals surface area (Å²) < 4.78 is 22.8. The number of hydrogen-bond acceptors (Lipinski definition) is 6. The lowest BCUT2D eigenvalue weighted by Crippen LogP contribution is -2.41. The fourth-order valence-electron chi connectivity index (χ4n) is 2.12. The van der Waals surface area contributed by atoms with Gasteiger partial charge in [-0.05, 0) is 19.9 Å². The zero-order valence-electron chi connectivity index (χ0n) is 12.1. The normalized spacial score (nSPS) is 18.2. The number of rotatable bonds is 5. The van der Waals surface area contributed by atoms with Crippen LogP contribution in [0.25, 0.3) is 0 Å². The average Bonchev–Trinajstić information content (AvgIpc) is 2.41. The molecule has 1 saturated heterocycles. The summed E-state index contributed by atoms with van der Waals surface area (Å²) in [5.41, 5.74) is 2.04. The fourth-order valence-corrected chi connectivity index (χ4v) is 3.32. The maximum atomic E-state index is 11.4. The van der Waals surface area contributed by atoms with E-state index < -0.39 is 9.84 Å². The first-order valence-electron chi connectivity index (χ1n) is 7.00. The molecule has 7 heteroatoms. The van der Waals surface area contributed by atoms with Crippen molar-refractivity contribution < 1.29 is 8.42 Å². The second-order valence-corrected chi connectivity index (χ2v) is 7.40. The third-order valence-electron chi connectivity index (χ3n) is 3.44. The Morgan fingerprint density at radius 1 is 1.35 bits per heavy atom. The van der Waals surface area contributed by atoms with Crippen LogP contribution < -0.4 is 10.2 Å². The smallest absolute Gasteiger partial charge is 0.225 e. The molecule has 112 valence electrons. The van der Waals surface area contributed by atoms with Crippen molar-refractivity contribution in [3.63, 3.8) is 0 Å². The van der Waals surface area contributed by atoms with E-state index in [1.165, 1.54) is 0 Å². The molecule has 0 atom stereocenters. The highest BCUT2D eigenvalue weighted by atomic mass is 32.2. The molecular weight excluding hydrogens is 276 g/mol. The minimum atomic E-state index is -2.86. The van der Waals surface area contributed by atoms with Gasteiger partial charge in [0.1, 0.15) is 0 Å². The molecule has 0 amide bonds. The van der Waals surface area contributed by atoms with Gasteiger partial charge in [-0.1, -0.05) is 6.92 Å². The quantitative estimate of drug-likeness (QED) is 0.799. The summed E-state index contributed by atoms with van der Waals surface area (Å²) in [6, 6.07) is 0. The van der Waals surface area contributed by atoms with E-state index in [1.54, 1.807) is 0 Å². The van der Waals surface area contributed by atoms with Crippen molar-refractivity contribution in [1.29, 1.82) is 0 Å². The lowest BCUT2D eigenvalue weighted by atomic mass is 10.2. The standard InChI is InChI=1S/C13H22N4O2S/c1-3-4-14-9-12-10-15-13(16-11(12)2)17-5-7-20(18,19)8-6-17/h10,14H,3-9H2,1-2H3. The third-order valence-corrected chi connectivity index (χ3v) is 5.05. The lowest BCUT2D eigenvalue weighted by molar-refractivity contribution is 0.585. The Hall–Kier alpha value is -1.21. The topological polar surface area (TPSA) is 75.2 Å². The molecular formula is C13H22N4O2S. The molecule has 0 spiro atoms. The average molecular weight is 298 g/mol. The van der Waals surface area contributed by atoms with Crippen LogP contribution in [0.2, 0.25) is 0 Å². The van der Waals surface area contributed by atoms with Gasteiger partial charge < -0.3 is 10.2 Å². The Labute approximate surface area is 120 Å². The van der Waals surface area contributed by atoms with Gasteiger partial charge in [0.15, 0.2) is 9.84 Å². The van der Waals surface area contributed by atoms with Crippen molar-refractivity contribution in [2.45, 2.75) is 26.8 Å². The van der Waals surface area contributed by atoms with Crippen molar-refractivity contribution in [3.8, 4) is 0 Å². The zero-order chi connectivity index (χ0) is 14.6. The molecule has 1 aliphatic rings. The Bertz CT molecular complexity index is 545. The maximum Gasteiger partial charge on any atom is 0.225 e. The van der Waals surface area contributed by atoms with Crippen LogP contribution in [0.15, 0.2) is 6.20 Å². The van der Waals surface area contributed by atoms with Gasteiger partial charge >= 0.3 is 0 Å². The van der Waals surface area contributed by atoms with Gasteiger partial charge in [-0.2, -0.15) is 0 Å². The summed E-state index contributed by atoms with van der Waals surface area (Å²) in [5, 5.41) is 3.33. The van der Waals surface area contributed by atoms with Gasteiger partial charge in [0.05, 0.1) is 11.5 Å². The number of aryl methyl sites for hydroxylation is 1. The first kappa shape index (κ1) is 15.2. The minimum Gasteiger partial charge on any atom is -0.339 e. The molecule has 0 unspecified atom stereocenters. The molecule has 1 N–H and O–H groups in total. The van der Waals surface area contributed by atoms with Crippen LogP contribution in [-0.4, -0.2) is 49.5 Å². The SMILES string of the molecule is CCCNCc1cnc(N2CCS(=O)(=O)CC2)nc1C. The second-order valence-electron chi connectivity index (χ2n) is 5.10. The first-order valence-corrected chi connectivity index (χ1v) is 8.82. The lowest BCUT2D eigenvalue weighted by Gasteiger charge is -2.27. The highest BCUT2D eigenvalue weighted by molar-refractivity contribution is 7.91. The molecule has 20 heavy (non-hydrogen) atoms. The van der Waals surface area contributed by atoms with Crippen molar-refractivity contribution in [2.75, 3.05) is 36.0 Å². The van der Waals surface area contributed by atoms with E-state index in [-0.39, 0.29) is 11.5 Å². The predicted molar refractivity (Wildman–Crippen MR) is 79.6 cm³/mol. The van der Waals surface area contributed by atoms with Gasteiger partial charge in [0.2, 0.25) is 5.95 Å². The largest absolute Gasteiger partial charge is 0.339 e. The van der Waals surface area contributed by atoms with Crippen LogP contribution >= 0.6 is 0 Å². The van der Waals surface area contributed by atoms with Gasteiger partial charge in [0, 0.05) is 37.1 Å². The van der Waals surface area contributed by atoms with Crippen LogP contribution in [0.1, 0.15) is 24.6 Å². The van der Waals surface area contributed by atoms with E-state index in [1.807, 2.05) is 18.0 Å². The molecule has 1 aromatic heterocycles. The summed E-state index contributed by atoms with van der Waals surface area (Å²) in [5.74, 6) is 1.02. The number of anilines is 1. The first-order chi connectivity index (χ1) is 9.52. The molecule has 0 radical (unpaired) electrons. The highest BCUT2D eigenvalue weighted by Crippen LogP contribution is 2.14. The van der Waals surface area contributed by atoms with Crippen LogP contribution in [-0.2, 0) is 16.4 Å². The zero-order valence-corrected chi connectivity index (χ0v) is 12.9. The summed E-state index contributed by atoms with van der Waals surface area (Å²) in [6.45, 7) is 6.81. The monoisotopic (exact) mass is 298 g/mol. The Morgan fingerprint density at radius 2 is 2.05 bits per heavy atom. The van der Waals surface area contributed by atoms with E-state index in [9.17, 15) is 8.42 Å². The van der Waals surface area contributed by atoms with Crippen LogP contribution in [0.3, 0.4) is 0 Å². The Balaban J connectivity index is 2.02. The van der Waals surface area contributed by atoms with Gasteiger partial charge in [-0.25, -0.2) is 18.4 Å². The number of aromatic nitrogens is 2. The molecule has 2 rings (SSSR count). The Morgan fingerprint density at radius 3 is 2.65 bits per heavy atom. The maximum absolute atomic E-state index is 11.4. The van der Waals surface area contributed by atoms with Crippen LogP contribution in [0.4, 0.5) is 5.95 Å². The van der Waals surface area contributed by atoms with E-state index >= 15 is 0 Å². The highest BCUT2D eigenvalue weighted by Gasteiger charge is 2.23. The molecule has 0 aliphatic carbocycles. The molecule has 6 nitrogen and oxygen atoms in total. The molecule has 0 saturated carbocycles. The van der Waals surface area contributed by atoms with E-state index in [0.717, 1.165) is 30.8 Å². The Kier molecular flexibility index (Phi) is 4.93. The molecule has 0 bridgehead atoms. The van der Waals surface area contributed by atoms with Gasteiger partial charge in [0.25, 0.3) is 0 Å². The summed E-state index contributed by atoms with van der Waals surface area (Å²) >= 11 is 0. The molecule has 1 aromatic rings. The number of nitrogens with one attached hydrogen (secondary N) is 1. The fraction of sp³-hybridized carbons (Fsp3) is 0.692. The number of nitrogens with zero attached hydrogens (tertiary/aromatic N) is 3. The predicted octanol–water partition coefficient (Wildman–Crippen LogP) is 0.519. The third kappa shape index (κ3) is 3.89. The van der Waals surface area contributed by atoms with Crippen molar-refractivity contribution in [3.05, 3.63) is 17.5 Å². The minimum absolute atomic E-state index is 0.190. The number of hydrogen-bond donors (Lipinski definition) is 1. The molecule has 2 heterocycles. The summed E-state index contributed by atoms with van der Waals surface area (Å²) in [7, 11) is -2.86. The van der Waals surface area contributed by atoms with Crippen LogP contribution in [0.5, 0.6) is 0 Å². The molecule has 1 fully saturated rings. The van der Waals surface area contributed by atoms with Crippen molar-refractivity contribution >= 4 is 15.8 Å². The molecule has 1 aliphatic heterocycles. The summed E-state index contributed by atoms with van der Waals surface area (Å²) in [4.78, 5) is 10.8. The van der Waals surface area contributed by atoms with E-state index in [2.05, 4.69) is 22.2 Å². The van der Waals surface area contributed by atoms with Crippen molar-refractivity contribution in [1.82, 2.24) is 15.3 Å². The van der Waals surface area contributed by atoms with Crippen molar-refractivity contribution in [2.24, 2.45) is 0 Å². The summed E-state index contributed by atoms with van der Waals surface area (Å²) in [6.07, 6.45) is 2.93. The van der Waals surface area contributed by atoms with Crippen LogP contribution in [0, 0.1) is 6.92 Å².